The van der Waals surface area contributed by atoms with Crippen LogP contribution in [0.3, 0.4) is 0 Å². The van der Waals surface area contributed by atoms with Gasteiger partial charge in [0.15, 0.2) is 0 Å². The van der Waals surface area contributed by atoms with Crippen LogP contribution in [0.4, 0.5) is 0 Å². The first-order valence-corrected chi connectivity index (χ1v) is 7.89. The highest BCUT2D eigenvalue weighted by atomic mass is 32.1. The SMILES string of the molecule is CCOC(=O)Cc1csc(C(OCC)c2ccccc2)n1. The molecule has 1 atom stereocenters. The molecule has 0 aliphatic heterocycles. The maximum absolute atomic E-state index is 11.5. The molecule has 4 nitrogen and oxygen atoms in total. The summed E-state index contributed by atoms with van der Waals surface area (Å²) in [7, 11) is 0. The van der Waals surface area contributed by atoms with Crippen LogP contribution < -0.4 is 0 Å². The fourth-order valence-corrected chi connectivity index (χ4v) is 2.88. The predicted octanol–water partition coefficient (Wildman–Crippen LogP) is 3.37. The van der Waals surface area contributed by atoms with Crippen molar-refractivity contribution in [3.8, 4) is 0 Å². The molecule has 0 aliphatic rings. The van der Waals surface area contributed by atoms with Gasteiger partial charge in [-0.05, 0) is 19.4 Å². The number of nitrogens with zero attached hydrogens (tertiary/aromatic N) is 1. The van der Waals surface area contributed by atoms with Crippen LogP contribution in [0.1, 0.15) is 36.2 Å². The second-order valence-corrected chi connectivity index (χ2v) is 5.29. The van der Waals surface area contributed by atoms with E-state index < -0.39 is 0 Å². The molecule has 0 spiro atoms. The van der Waals surface area contributed by atoms with Crippen molar-refractivity contribution in [2.24, 2.45) is 0 Å². The van der Waals surface area contributed by atoms with Gasteiger partial charge in [0.1, 0.15) is 11.1 Å². The number of thiazole rings is 1. The van der Waals surface area contributed by atoms with Gasteiger partial charge >= 0.3 is 5.97 Å². The predicted molar refractivity (Wildman–Crippen MR) is 82.4 cm³/mol. The first kappa shape index (κ1) is 15.7. The van der Waals surface area contributed by atoms with Crippen LogP contribution in [0.15, 0.2) is 35.7 Å². The summed E-state index contributed by atoms with van der Waals surface area (Å²) in [6.45, 7) is 4.75. The molecule has 0 radical (unpaired) electrons. The first-order chi connectivity index (χ1) is 10.2. The summed E-state index contributed by atoms with van der Waals surface area (Å²) in [5, 5.41) is 2.75. The minimum absolute atomic E-state index is 0.183. The lowest BCUT2D eigenvalue weighted by molar-refractivity contribution is -0.142. The Balaban J connectivity index is 2.15. The van der Waals surface area contributed by atoms with Gasteiger partial charge in [0, 0.05) is 12.0 Å². The Morgan fingerprint density at radius 1 is 1.24 bits per heavy atom. The van der Waals surface area contributed by atoms with Crippen molar-refractivity contribution in [1.29, 1.82) is 0 Å². The molecular formula is C16H19NO3S. The third kappa shape index (κ3) is 4.37. The van der Waals surface area contributed by atoms with Crippen LogP contribution in [-0.2, 0) is 20.7 Å². The molecule has 2 aromatic rings. The molecule has 0 fully saturated rings. The third-order valence-electron chi connectivity index (χ3n) is 2.86. The van der Waals surface area contributed by atoms with E-state index in [0.29, 0.717) is 13.2 Å². The normalized spacial score (nSPS) is 12.1. The molecule has 21 heavy (non-hydrogen) atoms. The van der Waals surface area contributed by atoms with Crippen molar-refractivity contribution in [2.45, 2.75) is 26.4 Å². The molecule has 0 saturated heterocycles. The molecule has 1 unspecified atom stereocenters. The van der Waals surface area contributed by atoms with Crippen LogP contribution in [0.5, 0.6) is 0 Å². The van der Waals surface area contributed by atoms with Gasteiger partial charge in [0.05, 0.1) is 18.7 Å². The van der Waals surface area contributed by atoms with Crippen LogP contribution in [0, 0.1) is 0 Å². The topological polar surface area (TPSA) is 48.4 Å². The Morgan fingerprint density at radius 3 is 2.67 bits per heavy atom. The number of hydrogen-bond acceptors (Lipinski definition) is 5. The Bertz CT molecular complexity index is 568. The number of rotatable bonds is 7. The zero-order chi connectivity index (χ0) is 15.1. The van der Waals surface area contributed by atoms with Gasteiger partial charge in [0.2, 0.25) is 0 Å². The van der Waals surface area contributed by atoms with E-state index in [1.165, 1.54) is 11.3 Å². The average Bonchev–Trinajstić information content (AvgIpc) is 2.94. The number of carbonyl (C=O) groups is 1. The van der Waals surface area contributed by atoms with E-state index in [9.17, 15) is 4.79 Å². The van der Waals surface area contributed by atoms with Gasteiger partial charge in [-0.3, -0.25) is 4.79 Å². The summed E-state index contributed by atoms with van der Waals surface area (Å²) in [4.78, 5) is 16.0. The van der Waals surface area contributed by atoms with Crippen LogP contribution in [-0.4, -0.2) is 24.2 Å². The number of benzene rings is 1. The lowest BCUT2D eigenvalue weighted by Crippen LogP contribution is -2.09. The summed E-state index contributed by atoms with van der Waals surface area (Å²) < 4.78 is 10.8. The van der Waals surface area contributed by atoms with Crippen LogP contribution in [0.25, 0.3) is 0 Å². The molecule has 1 heterocycles. The average molecular weight is 305 g/mol. The molecule has 0 bridgehead atoms. The quantitative estimate of drug-likeness (QED) is 0.736. The van der Waals surface area contributed by atoms with Crippen molar-refractivity contribution in [2.75, 3.05) is 13.2 Å². The molecule has 112 valence electrons. The fourth-order valence-electron chi connectivity index (χ4n) is 1.99. The van der Waals surface area contributed by atoms with Gasteiger partial charge in [-0.25, -0.2) is 4.98 Å². The molecule has 0 N–H and O–H groups in total. The van der Waals surface area contributed by atoms with Crippen molar-refractivity contribution in [3.63, 3.8) is 0 Å². The molecule has 0 saturated carbocycles. The van der Waals surface area contributed by atoms with Crippen LogP contribution in [0.2, 0.25) is 0 Å². The van der Waals surface area contributed by atoms with Gasteiger partial charge in [-0.15, -0.1) is 11.3 Å². The molecule has 1 aromatic carbocycles. The van der Waals surface area contributed by atoms with Gasteiger partial charge in [-0.1, -0.05) is 30.3 Å². The van der Waals surface area contributed by atoms with Gasteiger partial charge in [0.25, 0.3) is 0 Å². The van der Waals surface area contributed by atoms with Crippen LogP contribution >= 0.6 is 11.3 Å². The molecule has 1 aromatic heterocycles. The van der Waals surface area contributed by atoms with E-state index in [1.807, 2.05) is 42.6 Å². The number of aromatic nitrogens is 1. The summed E-state index contributed by atoms with van der Waals surface area (Å²) in [5.74, 6) is -0.248. The smallest absolute Gasteiger partial charge is 0.311 e. The molecule has 0 amide bonds. The maximum atomic E-state index is 11.5. The maximum Gasteiger partial charge on any atom is 0.311 e. The molecule has 5 heteroatoms. The standard InChI is InChI=1S/C16H19NO3S/c1-3-19-14(18)10-13-11-21-16(17-13)15(20-4-2)12-8-6-5-7-9-12/h5-9,11,15H,3-4,10H2,1-2H3. The number of esters is 1. The molecule has 2 rings (SSSR count). The van der Waals surface area contributed by atoms with E-state index in [0.717, 1.165) is 16.3 Å². The summed E-state index contributed by atoms with van der Waals surface area (Å²) in [6.07, 6.45) is 0.0231. The second kappa shape index (κ2) is 7.90. The highest BCUT2D eigenvalue weighted by molar-refractivity contribution is 7.09. The monoisotopic (exact) mass is 305 g/mol. The largest absolute Gasteiger partial charge is 0.466 e. The highest BCUT2D eigenvalue weighted by Crippen LogP contribution is 2.28. The van der Waals surface area contributed by atoms with Gasteiger partial charge < -0.3 is 9.47 Å². The number of ether oxygens (including phenoxy) is 2. The summed E-state index contributed by atoms with van der Waals surface area (Å²) >= 11 is 1.51. The summed E-state index contributed by atoms with van der Waals surface area (Å²) in [5.41, 5.74) is 1.80. The first-order valence-electron chi connectivity index (χ1n) is 7.01. The molecule has 0 aliphatic carbocycles. The minimum Gasteiger partial charge on any atom is -0.466 e. The van der Waals surface area contributed by atoms with Crippen molar-refractivity contribution >= 4 is 17.3 Å². The third-order valence-corrected chi connectivity index (χ3v) is 3.80. The van der Waals surface area contributed by atoms with E-state index >= 15 is 0 Å². The lowest BCUT2D eigenvalue weighted by Gasteiger charge is -2.14. The Kier molecular flexibility index (Phi) is 5.90. The van der Waals surface area contributed by atoms with Crippen molar-refractivity contribution in [1.82, 2.24) is 4.98 Å². The minimum atomic E-state index is -0.248. The van der Waals surface area contributed by atoms with E-state index in [1.54, 1.807) is 6.92 Å². The number of hydrogen-bond donors (Lipinski definition) is 0. The van der Waals surface area contributed by atoms with E-state index in [-0.39, 0.29) is 18.5 Å². The fraction of sp³-hybridized carbons (Fsp3) is 0.375. The summed E-state index contributed by atoms with van der Waals surface area (Å²) in [6, 6.07) is 9.98. The molecular weight excluding hydrogens is 286 g/mol. The Morgan fingerprint density at radius 2 is 2.00 bits per heavy atom. The van der Waals surface area contributed by atoms with Crippen molar-refractivity contribution < 1.29 is 14.3 Å². The van der Waals surface area contributed by atoms with Gasteiger partial charge in [-0.2, -0.15) is 0 Å². The van der Waals surface area contributed by atoms with Crippen molar-refractivity contribution in [3.05, 3.63) is 52.0 Å². The Labute approximate surface area is 128 Å². The van der Waals surface area contributed by atoms with E-state index in [2.05, 4.69) is 4.98 Å². The zero-order valence-electron chi connectivity index (χ0n) is 12.2. The zero-order valence-corrected chi connectivity index (χ0v) is 13.1. The Hall–Kier alpha value is -1.72. The second-order valence-electron chi connectivity index (χ2n) is 4.40. The van der Waals surface area contributed by atoms with E-state index in [4.69, 9.17) is 9.47 Å². The number of carbonyl (C=O) groups excluding carboxylic acids is 1. The highest BCUT2D eigenvalue weighted by Gasteiger charge is 2.19. The lowest BCUT2D eigenvalue weighted by atomic mass is 10.1.